The summed E-state index contributed by atoms with van der Waals surface area (Å²) in [5, 5.41) is 0. The summed E-state index contributed by atoms with van der Waals surface area (Å²) >= 11 is 0. The lowest BCUT2D eigenvalue weighted by molar-refractivity contribution is -0.137. The Hall–Kier alpha value is -2.10. The molecule has 0 unspecified atom stereocenters. The summed E-state index contributed by atoms with van der Waals surface area (Å²) in [6.45, 7) is 0. The summed E-state index contributed by atoms with van der Waals surface area (Å²) in [6, 6.07) is 12.9. The normalized spacial score (nSPS) is 12.5. The molecule has 0 aliphatic heterocycles. The number of hydrogen-bond donors (Lipinski definition) is 0. The molecule has 0 aliphatic rings. The van der Waals surface area contributed by atoms with Crippen LogP contribution in [0, 0.1) is 0 Å². The summed E-state index contributed by atoms with van der Waals surface area (Å²) in [5.41, 5.74) is -0.781. The van der Waals surface area contributed by atoms with E-state index in [0.29, 0.717) is 0 Å². The minimum Gasteiger partial charge on any atom is -0.206 e. The molecule has 0 aromatic heterocycles. The van der Waals surface area contributed by atoms with E-state index >= 15 is 0 Å². The van der Waals surface area contributed by atoms with Gasteiger partial charge in [-0.25, -0.2) is 4.39 Å². The Morgan fingerprint density at radius 2 is 1.42 bits per heavy atom. The minimum atomic E-state index is -4.50. The van der Waals surface area contributed by atoms with Crippen LogP contribution < -0.4 is 0 Å². The minimum absolute atomic E-state index is 0.184. The third-order valence-corrected chi connectivity index (χ3v) is 2.60. The highest BCUT2D eigenvalue weighted by Crippen LogP contribution is 2.33. The molecular formula is C15H10F4. The Morgan fingerprint density at radius 1 is 0.842 bits per heavy atom. The molecule has 0 spiro atoms. The third kappa shape index (κ3) is 3.22. The summed E-state index contributed by atoms with van der Waals surface area (Å²) < 4.78 is 52.1. The van der Waals surface area contributed by atoms with Gasteiger partial charge in [-0.3, -0.25) is 0 Å². The highest BCUT2D eigenvalue weighted by molar-refractivity contribution is 5.77. The molecule has 0 amide bonds. The molecule has 0 bridgehead atoms. The molecule has 98 valence electrons. The number of benzene rings is 2. The lowest BCUT2D eigenvalue weighted by Crippen LogP contribution is -2.06. The molecule has 0 heterocycles. The van der Waals surface area contributed by atoms with Crippen LogP contribution in [-0.2, 0) is 6.18 Å². The van der Waals surface area contributed by atoms with Crippen molar-refractivity contribution in [1.29, 1.82) is 0 Å². The van der Waals surface area contributed by atoms with Crippen molar-refractivity contribution in [2.75, 3.05) is 0 Å². The van der Waals surface area contributed by atoms with Gasteiger partial charge in [-0.05, 0) is 17.7 Å². The van der Waals surface area contributed by atoms with Crippen LogP contribution in [0.5, 0.6) is 0 Å². The monoisotopic (exact) mass is 266 g/mol. The first kappa shape index (κ1) is 13.3. The van der Waals surface area contributed by atoms with E-state index in [0.717, 1.165) is 12.1 Å². The maximum atomic E-state index is 13.9. The Kier molecular flexibility index (Phi) is 3.69. The van der Waals surface area contributed by atoms with Crippen LogP contribution in [0.2, 0.25) is 0 Å². The molecule has 4 heteroatoms. The van der Waals surface area contributed by atoms with Crippen LogP contribution in [0.15, 0.2) is 54.6 Å². The van der Waals surface area contributed by atoms with Gasteiger partial charge in [0, 0.05) is 5.56 Å². The zero-order valence-corrected chi connectivity index (χ0v) is 9.79. The van der Waals surface area contributed by atoms with Crippen molar-refractivity contribution in [2.45, 2.75) is 6.18 Å². The van der Waals surface area contributed by atoms with Gasteiger partial charge in [-0.1, -0.05) is 48.5 Å². The Bertz CT molecular complexity index is 583. The molecular weight excluding hydrogens is 256 g/mol. The smallest absolute Gasteiger partial charge is 0.206 e. The lowest BCUT2D eigenvalue weighted by atomic mass is 10.0. The first-order valence-corrected chi connectivity index (χ1v) is 5.57. The van der Waals surface area contributed by atoms with Crippen molar-refractivity contribution in [3.05, 3.63) is 71.3 Å². The number of hydrogen-bond acceptors (Lipinski definition) is 0. The zero-order valence-electron chi connectivity index (χ0n) is 9.79. The quantitative estimate of drug-likeness (QED) is 0.519. The van der Waals surface area contributed by atoms with Crippen molar-refractivity contribution in [1.82, 2.24) is 0 Å². The molecule has 2 aromatic rings. The fourth-order valence-corrected chi connectivity index (χ4v) is 1.70. The summed E-state index contributed by atoms with van der Waals surface area (Å²) in [6.07, 6.45) is -3.60. The van der Waals surface area contributed by atoms with Crippen LogP contribution >= 0.6 is 0 Å². The molecule has 19 heavy (non-hydrogen) atoms. The summed E-state index contributed by atoms with van der Waals surface area (Å²) in [5.74, 6) is -0.697. The third-order valence-electron chi connectivity index (χ3n) is 2.60. The second-order valence-corrected chi connectivity index (χ2v) is 3.94. The highest BCUT2D eigenvalue weighted by Gasteiger charge is 2.32. The average molecular weight is 266 g/mol. The predicted molar refractivity (Wildman–Crippen MR) is 66.9 cm³/mol. The van der Waals surface area contributed by atoms with Gasteiger partial charge < -0.3 is 0 Å². The number of rotatable bonds is 2. The zero-order chi connectivity index (χ0) is 13.9. The van der Waals surface area contributed by atoms with Crippen LogP contribution in [0.25, 0.3) is 11.9 Å². The van der Waals surface area contributed by atoms with E-state index < -0.39 is 17.6 Å². The van der Waals surface area contributed by atoms with Gasteiger partial charge in [-0.2, -0.15) is 13.2 Å². The van der Waals surface area contributed by atoms with Crippen LogP contribution in [0.4, 0.5) is 17.6 Å². The van der Waals surface area contributed by atoms with Gasteiger partial charge in [-0.15, -0.1) is 0 Å². The summed E-state index contributed by atoms with van der Waals surface area (Å²) in [7, 11) is 0. The van der Waals surface area contributed by atoms with E-state index in [-0.39, 0.29) is 11.1 Å². The molecule has 0 N–H and O–H groups in total. The fourth-order valence-electron chi connectivity index (χ4n) is 1.70. The van der Waals surface area contributed by atoms with Crippen molar-refractivity contribution >= 4 is 11.9 Å². The Balaban J connectivity index is 2.44. The van der Waals surface area contributed by atoms with Crippen LogP contribution in [0.3, 0.4) is 0 Å². The van der Waals surface area contributed by atoms with Crippen LogP contribution in [0.1, 0.15) is 16.7 Å². The van der Waals surface area contributed by atoms with E-state index in [1.165, 1.54) is 30.3 Å². The topological polar surface area (TPSA) is 0 Å². The number of halogens is 4. The molecule has 0 atom stereocenters. The fraction of sp³-hybridized carbons (Fsp3) is 0.0667. The van der Waals surface area contributed by atoms with Crippen molar-refractivity contribution in [3.8, 4) is 0 Å². The molecule has 0 saturated heterocycles. The first-order valence-electron chi connectivity index (χ1n) is 5.57. The second kappa shape index (κ2) is 5.26. The summed E-state index contributed by atoms with van der Waals surface area (Å²) in [4.78, 5) is 0. The largest absolute Gasteiger partial charge is 0.416 e. The van der Waals surface area contributed by atoms with Gasteiger partial charge >= 0.3 is 6.18 Å². The lowest BCUT2D eigenvalue weighted by Gasteiger charge is -2.10. The highest BCUT2D eigenvalue weighted by atomic mass is 19.4. The van der Waals surface area contributed by atoms with E-state index in [9.17, 15) is 17.6 Å². The van der Waals surface area contributed by atoms with E-state index in [2.05, 4.69) is 0 Å². The molecule has 0 radical (unpaired) electrons. The van der Waals surface area contributed by atoms with Gasteiger partial charge in [0.15, 0.2) is 0 Å². The predicted octanol–water partition coefficient (Wildman–Crippen LogP) is 5.17. The maximum Gasteiger partial charge on any atom is 0.416 e. The van der Waals surface area contributed by atoms with E-state index in [1.807, 2.05) is 0 Å². The Morgan fingerprint density at radius 3 is 2.05 bits per heavy atom. The Labute approximate surface area is 108 Å². The van der Waals surface area contributed by atoms with Gasteiger partial charge in [0.05, 0.1) is 5.56 Å². The molecule has 0 saturated carbocycles. The molecule has 0 aliphatic carbocycles. The van der Waals surface area contributed by atoms with Gasteiger partial charge in [0.1, 0.15) is 5.83 Å². The number of alkyl halides is 3. The second-order valence-electron chi connectivity index (χ2n) is 3.94. The van der Waals surface area contributed by atoms with Crippen LogP contribution in [-0.4, -0.2) is 0 Å². The molecule has 0 nitrogen and oxygen atoms in total. The van der Waals surface area contributed by atoms with Gasteiger partial charge in [0.2, 0.25) is 0 Å². The average Bonchev–Trinajstić information content (AvgIpc) is 2.39. The van der Waals surface area contributed by atoms with Crippen molar-refractivity contribution in [2.24, 2.45) is 0 Å². The molecule has 0 fully saturated rings. The van der Waals surface area contributed by atoms with E-state index in [4.69, 9.17) is 0 Å². The molecule has 2 rings (SSSR count). The standard InChI is InChI=1S/C15H10F4/c16-14(11-6-2-1-3-7-11)10-12-8-4-5-9-13(12)15(17,18)19/h1-10H/b14-10-. The first-order chi connectivity index (χ1) is 8.98. The maximum absolute atomic E-state index is 13.9. The SMILES string of the molecule is F/C(=C\c1ccccc1C(F)(F)F)c1ccccc1. The molecule has 2 aromatic carbocycles. The van der Waals surface area contributed by atoms with Crippen molar-refractivity contribution in [3.63, 3.8) is 0 Å². The van der Waals surface area contributed by atoms with Gasteiger partial charge in [0.25, 0.3) is 0 Å². The van der Waals surface area contributed by atoms with E-state index in [1.54, 1.807) is 18.2 Å². The van der Waals surface area contributed by atoms with Crippen molar-refractivity contribution < 1.29 is 17.6 Å².